The minimum Gasteiger partial charge on any atom is -0.336 e. The lowest BCUT2D eigenvalue weighted by molar-refractivity contribution is 0.0628. The first-order valence-electron chi connectivity index (χ1n) is 7.74. The van der Waals surface area contributed by atoms with Crippen LogP contribution in [0.1, 0.15) is 15.9 Å². The van der Waals surface area contributed by atoms with Gasteiger partial charge >= 0.3 is 0 Å². The lowest BCUT2D eigenvalue weighted by Gasteiger charge is -2.35. The molecule has 6 heteroatoms. The number of hydrogen-bond acceptors (Lipinski definition) is 2. The maximum atomic E-state index is 13.3. The van der Waals surface area contributed by atoms with Crippen LogP contribution in [0.25, 0.3) is 0 Å². The number of amides is 1. The van der Waals surface area contributed by atoms with Crippen LogP contribution in [0.5, 0.6) is 0 Å². The molecule has 0 saturated carbocycles. The van der Waals surface area contributed by atoms with Gasteiger partial charge in [-0.15, -0.1) is 0 Å². The molecular formula is C18H17ClF2N2O. The Morgan fingerprint density at radius 3 is 2.38 bits per heavy atom. The monoisotopic (exact) mass is 350 g/mol. The summed E-state index contributed by atoms with van der Waals surface area (Å²) in [4.78, 5) is 16.3. The van der Waals surface area contributed by atoms with E-state index in [0.29, 0.717) is 26.2 Å². The Labute approximate surface area is 144 Å². The van der Waals surface area contributed by atoms with E-state index >= 15 is 0 Å². The average Bonchev–Trinajstić information content (AvgIpc) is 2.59. The summed E-state index contributed by atoms with van der Waals surface area (Å²) in [6, 6.07) is 10.9. The first-order chi connectivity index (χ1) is 11.5. The molecule has 2 aromatic carbocycles. The molecule has 1 amide bonds. The molecule has 0 aliphatic carbocycles. The fraction of sp³-hybridized carbons (Fsp3) is 0.278. The van der Waals surface area contributed by atoms with Crippen LogP contribution in [-0.4, -0.2) is 41.9 Å². The lowest BCUT2D eigenvalue weighted by Crippen LogP contribution is -2.48. The minimum absolute atomic E-state index is 0.174. The summed E-state index contributed by atoms with van der Waals surface area (Å²) in [5.41, 5.74) is 1.23. The van der Waals surface area contributed by atoms with Gasteiger partial charge in [-0.2, -0.15) is 0 Å². The normalized spacial score (nSPS) is 15.5. The van der Waals surface area contributed by atoms with Crippen LogP contribution >= 0.6 is 11.6 Å². The molecule has 24 heavy (non-hydrogen) atoms. The molecule has 3 nitrogen and oxygen atoms in total. The Morgan fingerprint density at radius 1 is 1.00 bits per heavy atom. The zero-order valence-corrected chi connectivity index (χ0v) is 13.8. The van der Waals surface area contributed by atoms with Crippen molar-refractivity contribution in [1.82, 2.24) is 9.80 Å². The molecule has 0 N–H and O–H groups in total. The average molecular weight is 351 g/mol. The first kappa shape index (κ1) is 16.9. The zero-order valence-electron chi connectivity index (χ0n) is 13.0. The topological polar surface area (TPSA) is 23.6 Å². The second-order valence-corrected chi connectivity index (χ2v) is 6.20. The van der Waals surface area contributed by atoms with Gasteiger partial charge in [0.25, 0.3) is 5.91 Å². The van der Waals surface area contributed by atoms with E-state index in [1.807, 2.05) is 24.3 Å². The number of halogens is 3. The second kappa shape index (κ2) is 7.28. The number of benzene rings is 2. The molecular weight excluding hydrogens is 334 g/mol. The van der Waals surface area contributed by atoms with Gasteiger partial charge in [-0.25, -0.2) is 8.78 Å². The quantitative estimate of drug-likeness (QED) is 0.844. The highest BCUT2D eigenvalue weighted by atomic mass is 35.5. The third-order valence-corrected chi connectivity index (χ3v) is 4.55. The van der Waals surface area contributed by atoms with E-state index in [0.717, 1.165) is 29.3 Å². The van der Waals surface area contributed by atoms with E-state index in [1.54, 1.807) is 4.90 Å². The summed E-state index contributed by atoms with van der Waals surface area (Å²) in [6.07, 6.45) is 0. The van der Waals surface area contributed by atoms with Crippen LogP contribution in [-0.2, 0) is 6.54 Å². The molecule has 0 unspecified atom stereocenters. The molecule has 2 aromatic rings. The van der Waals surface area contributed by atoms with Crippen LogP contribution in [0, 0.1) is 11.6 Å². The van der Waals surface area contributed by atoms with Gasteiger partial charge in [-0.05, 0) is 29.8 Å². The molecule has 0 aromatic heterocycles. The van der Waals surface area contributed by atoms with Crippen LogP contribution in [0.2, 0.25) is 5.02 Å². The molecule has 126 valence electrons. The molecule has 3 rings (SSSR count). The van der Waals surface area contributed by atoms with Crippen LogP contribution in [0.3, 0.4) is 0 Å². The van der Waals surface area contributed by atoms with Crippen molar-refractivity contribution < 1.29 is 13.6 Å². The Bertz CT molecular complexity index is 746. The molecule has 1 heterocycles. The van der Waals surface area contributed by atoms with Crippen LogP contribution in [0.15, 0.2) is 42.5 Å². The van der Waals surface area contributed by atoms with Gasteiger partial charge in [0.05, 0.1) is 0 Å². The summed E-state index contributed by atoms with van der Waals surface area (Å²) in [7, 11) is 0. The third-order valence-electron chi connectivity index (χ3n) is 4.18. The number of piperazine rings is 1. The standard InChI is InChI=1S/C18H17ClF2N2O/c19-15-4-2-1-3-14(15)12-22-7-9-23(10-8-22)18(24)13-5-6-16(20)17(21)11-13/h1-6,11H,7-10,12H2. The smallest absolute Gasteiger partial charge is 0.254 e. The van der Waals surface area contributed by atoms with E-state index in [2.05, 4.69) is 4.90 Å². The summed E-state index contributed by atoms with van der Waals surface area (Å²) in [6.45, 7) is 3.23. The van der Waals surface area contributed by atoms with Crippen molar-refractivity contribution >= 4 is 17.5 Å². The van der Waals surface area contributed by atoms with Crippen LogP contribution < -0.4 is 0 Å². The van der Waals surface area contributed by atoms with E-state index in [-0.39, 0.29) is 11.5 Å². The van der Waals surface area contributed by atoms with Crippen molar-refractivity contribution in [2.75, 3.05) is 26.2 Å². The second-order valence-electron chi connectivity index (χ2n) is 5.79. The third kappa shape index (κ3) is 3.74. The van der Waals surface area contributed by atoms with Crippen molar-refractivity contribution in [3.63, 3.8) is 0 Å². The maximum absolute atomic E-state index is 13.3. The van der Waals surface area contributed by atoms with Crippen LogP contribution in [0.4, 0.5) is 8.78 Å². The highest BCUT2D eigenvalue weighted by molar-refractivity contribution is 6.31. The first-order valence-corrected chi connectivity index (χ1v) is 8.12. The number of carbonyl (C=O) groups excluding carboxylic acids is 1. The molecule has 1 aliphatic heterocycles. The maximum Gasteiger partial charge on any atom is 0.254 e. The SMILES string of the molecule is O=C(c1ccc(F)c(F)c1)N1CCN(Cc2ccccc2Cl)CC1. The molecule has 0 spiro atoms. The van der Waals surface area contributed by atoms with Crippen molar-refractivity contribution in [1.29, 1.82) is 0 Å². The Balaban J connectivity index is 1.59. The molecule has 1 saturated heterocycles. The van der Waals surface area contributed by atoms with Gasteiger partial charge in [-0.1, -0.05) is 29.8 Å². The van der Waals surface area contributed by atoms with Crippen molar-refractivity contribution in [3.05, 3.63) is 70.2 Å². The lowest BCUT2D eigenvalue weighted by atomic mass is 10.1. The van der Waals surface area contributed by atoms with E-state index in [9.17, 15) is 13.6 Å². The van der Waals surface area contributed by atoms with Crippen molar-refractivity contribution in [3.8, 4) is 0 Å². The Hall–Kier alpha value is -1.98. The summed E-state index contributed by atoms with van der Waals surface area (Å²) in [5, 5.41) is 0.734. The molecule has 0 atom stereocenters. The zero-order chi connectivity index (χ0) is 17.1. The predicted octanol–water partition coefficient (Wildman–Crippen LogP) is 3.58. The van der Waals surface area contributed by atoms with Gasteiger partial charge in [-0.3, -0.25) is 9.69 Å². The van der Waals surface area contributed by atoms with Gasteiger partial charge in [0.15, 0.2) is 11.6 Å². The summed E-state index contributed by atoms with van der Waals surface area (Å²) < 4.78 is 26.3. The summed E-state index contributed by atoms with van der Waals surface area (Å²) >= 11 is 6.17. The summed E-state index contributed by atoms with van der Waals surface area (Å²) in [5.74, 6) is -2.22. The molecule has 1 aliphatic rings. The van der Waals surface area contributed by atoms with Gasteiger partial charge in [0.1, 0.15) is 0 Å². The molecule has 0 radical (unpaired) electrons. The van der Waals surface area contributed by atoms with E-state index in [1.165, 1.54) is 6.07 Å². The van der Waals surface area contributed by atoms with Crippen molar-refractivity contribution in [2.45, 2.75) is 6.54 Å². The van der Waals surface area contributed by atoms with E-state index < -0.39 is 11.6 Å². The molecule has 1 fully saturated rings. The van der Waals surface area contributed by atoms with Gasteiger partial charge < -0.3 is 4.90 Å². The fourth-order valence-electron chi connectivity index (χ4n) is 2.79. The van der Waals surface area contributed by atoms with Gasteiger partial charge in [0.2, 0.25) is 0 Å². The minimum atomic E-state index is -1.00. The highest BCUT2D eigenvalue weighted by Gasteiger charge is 2.23. The highest BCUT2D eigenvalue weighted by Crippen LogP contribution is 2.18. The Kier molecular flexibility index (Phi) is 5.11. The Morgan fingerprint density at radius 2 is 1.71 bits per heavy atom. The number of nitrogens with zero attached hydrogens (tertiary/aromatic N) is 2. The van der Waals surface area contributed by atoms with E-state index in [4.69, 9.17) is 11.6 Å². The number of carbonyl (C=O) groups is 1. The number of hydrogen-bond donors (Lipinski definition) is 0. The fourth-order valence-corrected chi connectivity index (χ4v) is 2.98. The molecule has 0 bridgehead atoms. The number of rotatable bonds is 3. The largest absolute Gasteiger partial charge is 0.336 e. The predicted molar refractivity (Wildman–Crippen MR) is 89.0 cm³/mol. The van der Waals surface area contributed by atoms with Crippen molar-refractivity contribution in [2.24, 2.45) is 0 Å². The van der Waals surface area contributed by atoms with Gasteiger partial charge in [0, 0.05) is 43.3 Å².